The van der Waals surface area contributed by atoms with Crippen LogP contribution in [-0.4, -0.2) is 28.8 Å². The van der Waals surface area contributed by atoms with Crippen molar-refractivity contribution < 1.29 is 4.74 Å². The Morgan fingerprint density at radius 2 is 2.39 bits per heavy atom. The van der Waals surface area contributed by atoms with Gasteiger partial charge in [-0.15, -0.1) is 0 Å². The molecule has 4 heteroatoms. The van der Waals surface area contributed by atoms with Crippen molar-refractivity contribution in [1.82, 2.24) is 14.9 Å². The monoisotopic (exact) mass is 251 g/mol. The Morgan fingerprint density at radius 3 is 3.11 bits per heavy atom. The molecule has 0 saturated carbocycles. The van der Waals surface area contributed by atoms with Gasteiger partial charge in [0.05, 0.1) is 24.7 Å². The molecule has 1 fully saturated rings. The van der Waals surface area contributed by atoms with Crippen molar-refractivity contribution in [3.63, 3.8) is 0 Å². The van der Waals surface area contributed by atoms with Crippen molar-refractivity contribution in [3.05, 3.63) is 18.2 Å². The van der Waals surface area contributed by atoms with Crippen LogP contribution in [0.3, 0.4) is 0 Å². The molecule has 4 nitrogen and oxygen atoms in total. The highest BCUT2D eigenvalue weighted by Gasteiger charge is 2.15. The number of imidazole rings is 1. The van der Waals surface area contributed by atoms with Gasteiger partial charge in [0, 0.05) is 19.3 Å². The molecule has 1 aromatic heterocycles. The first-order valence-corrected chi connectivity index (χ1v) is 7.07. The van der Waals surface area contributed by atoms with E-state index < -0.39 is 0 Å². The van der Waals surface area contributed by atoms with Gasteiger partial charge < -0.3 is 14.6 Å². The van der Waals surface area contributed by atoms with Crippen molar-refractivity contribution in [1.29, 1.82) is 0 Å². The number of hydrogen-bond donors (Lipinski definition) is 1. The Balaban J connectivity index is 1.82. The summed E-state index contributed by atoms with van der Waals surface area (Å²) in [6.45, 7) is 8.25. The van der Waals surface area contributed by atoms with Crippen LogP contribution in [0, 0.1) is 5.92 Å². The maximum Gasteiger partial charge on any atom is 0.0949 e. The predicted molar refractivity (Wildman–Crippen MR) is 72.4 cm³/mol. The van der Waals surface area contributed by atoms with E-state index in [-0.39, 0.29) is 0 Å². The van der Waals surface area contributed by atoms with Crippen molar-refractivity contribution >= 4 is 0 Å². The normalized spacial score (nSPS) is 20.5. The number of nitrogens with zero attached hydrogens (tertiary/aromatic N) is 2. The molecule has 1 N–H and O–H groups in total. The molecule has 0 amide bonds. The maximum atomic E-state index is 5.78. The van der Waals surface area contributed by atoms with Gasteiger partial charge in [0.1, 0.15) is 0 Å². The lowest BCUT2D eigenvalue weighted by Crippen LogP contribution is -2.26. The predicted octanol–water partition coefficient (Wildman–Crippen LogP) is 2.20. The molecular formula is C14H25N3O. The van der Waals surface area contributed by atoms with Gasteiger partial charge in [-0.25, -0.2) is 4.98 Å². The highest BCUT2D eigenvalue weighted by Crippen LogP contribution is 2.15. The van der Waals surface area contributed by atoms with Gasteiger partial charge >= 0.3 is 0 Å². The van der Waals surface area contributed by atoms with Crippen molar-refractivity contribution in [2.24, 2.45) is 5.92 Å². The molecule has 0 spiro atoms. The first-order chi connectivity index (χ1) is 8.75. The lowest BCUT2D eigenvalue weighted by Gasteiger charge is -2.23. The van der Waals surface area contributed by atoms with E-state index >= 15 is 0 Å². The lowest BCUT2D eigenvalue weighted by atomic mass is 10.1. The van der Waals surface area contributed by atoms with E-state index in [4.69, 9.17) is 4.74 Å². The van der Waals surface area contributed by atoms with Gasteiger partial charge in [0.25, 0.3) is 0 Å². The topological polar surface area (TPSA) is 39.1 Å². The summed E-state index contributed by atoms with van der Waals surface area (Å²) < 4.78 is 8.01. The number of nitrogens with one attached hydrogen (secondary N) is 1. The third kappa shape index (κ3) is 4.10. The number of rotatable bonds is 6. The van der Waals surface area contributed by atoms with Crippen LogP contribution in [0.1, 0.15) is 38.8 Å². The average Bonchev–Trinajstić information content (AvgIpc) is 2.78. The molecule has 0 radical (unpaired) electrons. The van der Waals surface area contributed by atoms with Gasteiger partial charge in [-0.05, 0) is 31.7 Å². The van der Waals surface area contributed by atoms with Crippen LogP contribution < -0.4 is 5.32 Å². The van der Waals surface area contributed by atoms with Gasteiger partial charge in [0.15, 0.2) is 0 Å². The zero-order valence-corrected chi connectivity index (χ0v) is 11.6. The fraction of sp³-hybridized carbons (Fsp3) is 0.786. The summed E-state index contributed by atoms with van der Waals surface area (Å²) in [5.41, 5.74) is 1.25. The second-order valence-electron chi connectivity index (χ2n) is 5.55. The second kappa shape index (κ2) is 6.90. The molecule has 0 aliphatic carbocycles. The minimum absolute atomic E-state index is 0.372. The summed E-state index contributed by atoms with van der Waals surface area (Å²) in [6.07, 6.45) is 7.93. The summed E-state index contributed by atoms with van der Waals surface area (Å²) in [5, 5.41) is 3.46. The highest BCUT2D eigenvalue weighted by atomic mass is 16.5. The maximum absolute atomic E-state index is 5.78. The largest absolute Gasteiger partial charge is 0.376 e. The van der Waals surface area contributed by atoms with E-state index in [2.05, 4.69) is 28.7 Å². The van der Waals surface area contributed by atoms with E-state index in [0.717, 1.165) is 26.2 Å². The fourth-order valence-electron chi connectivity index (χ4n) is 2.32. The lowest BCUT2D eigenvalue weighted by molar-refractivity contribution is 0.00553. The Hall–Kier alpha value is -0.870. The van der Waals surface area contributed by atoms with E-state index in [0.29, 0.717) is 12.0 Å². The highest BCUT2D eigenvalue weighted by molar-refractivity contribution is 4.98. The van der Waals surface area contributed by atoms with Crippen molar-refractivity contribution in [2.75, 3.05) is 13.2 Å². The van der Waals surface area contributed by atoms with Crippen molar-refractivity contribution in [2.45, 2.75) is 52.3 Å². The van der Waals surface area contributed by atoms with Crippen LogP contribution >= 0.6 is 0 Å². The van der Waals surface area contributed by atoms with Gasteiger partial charge in [-0.2, -0.15) is 0 Å². The minimum Gasteiger partial charge on any atom is -0.376 e. The second-order valence-corrected chi connectivity index (χ2v) is 5.55. The standard InChI is InChI=1S/C14H25N3O/c1-12(2)7-15-8-13-9-16-11-17(13)10-14-5-3-4-6-18-14/h9,11-12,14-15H,3-8,10H2,1-2H3. The van der Waals surface area contributed by atoms with Crippen LogP contribution in [0.2, 0.25) is 0 Å². The Kier molecular flexibility index (Phi) is 5.20. The number of hydrogen-bond acceptors (Lipinski definition) is 3. The van der Waals surface area contributed by atoms with Crippen LogP contribution in [-0.2, 0) is 17.8 Å². The number of ether oxygens (including phenoxy) is 1. The number of aromatic nitrogens is 2. The molecule has 1 aromatic rings. The quantitative estimate of drug-likeness (QED) is 0.842. The SMILES string of the molecule is CC(C)CNCc1cncn1CC1CCCCO1. The molecule has 18 heavy (non-hydrogen) atoms. The molecule has 2 heterocycles. The summed E-state index contributed by atoms with van der Waals surface area (Å²) >= 11 is 0. The average molecular weight is 251 g/mol. The first-order valence-electron chi connectivity index (χ1n) is 7.07. The van der Waals surface area contributed by atoms with Crippen LogP contribution in [0.25, 0.3) is 0 Å². The zero-order valence-electron chi connectivity index (χ0n) is 11.6. The van der Waals surface area contributed by atoms with Gasteiger partial charge in [-0.1, -0.05) is 13.8 Å². The molecule has 102 valence electrons. The summed E-state index contributed by atoms with van der Waals surface area (Å²) in [4.78, 5) is 4.25. The van der Waals surface area contributed by atoms with Gasteiger partial charge in [0.2, 0.25) is 0 Å². The Bertz CT molecular complexity index is 343. The van der Waals surface area contributed by atoms with E-state index in [1.165, 1.54) is 25.0 Å². The third-order valence-corrected chi connectivity index (χ3v) is 3.33. The summed E-state index contributed by atoms with van der Waals surface area (Å²) in [6, 6.07) is 0. The molecule has 1 aliphatic rings. The zero-order chi connectivity index (χ0) is 12.8. The molecular weight excluding hydrogens is 226 g/mol. The summed E-state index contributed by atoms with van der Waals surface area (Å²) in [7, 11) is 0. The van der Waals surface area contributed by atoms with Crippen LogP contribution in [0.15, 0.2) is 12.5 Å². The first kappa shape index (κ1) is 13.6. The smallest absolute Gasteiger partial charge is 0.0949 e. The van der Waals surface area contributed by atoms with Crippen molar-refractivity contribution in [3.8, 4) is 0 Å². The molecule has 1 saturated heterocycles. The summed E-state index contributed by atoms with van der Waals surface area (Å²) in [5.74, 6) is 0.683. The molecule has 0 aromatic carbocycles. The Morgan fingerprint density at radius 1 is 1.50 bits per heavy atom. The molecule has 1 aliphatic heterocycles. The molecule has 2 rings (SSSR count). The van der Waals surface area contributed by atoms with Crippen LogP contribution in [0.5, 0.6) is 0 Å². The minimum atomic E-state index is 0.372. The molecule has 1 unspecified atom stereocenters. The third-order valence-electron chi connectivity index (χ3n) is 3.33. The van der Waals surface area contributed by atoms with Gasteiger partial charge in [-0.3, -0.25) is 0 Å². The van der Waals surface area contributed by atoms with E-state index in [1.54, 1.807) is 0 Å². The Labute approximate surface area is 110 Å². The van der Waals surface area contributed by atoms with E-state index in [1.807, 2.05) is 12.5 Å². The molecule has 1 atom stereocenters. The molecule has 0 bridgehead atoms. The fourth-order valence-corrected chi connectivity index (χ4v) is 2.32. The van der Waals surface area contributed by atoms with E-state index in [9.17, 15) is 0 Å². The van der Waals surface area contributed by atoms with Crippen LogP contribution in [0.4, 0.5) is 0 Å².